The molecule has 7 heavy (non-hydrogen) atoms. The molecule has 0 aliphatic rings. The van der Waals surface area contributed by atoms with Crippen molar-refractivity contribution in [3.05, 3.63) is 6.42 Å². The van der Waals surface area contributed by atoms with E-state index in [-0.39, 0.29) is 0 Å². The van der Waals surface area contributed by atoms with E-state index in [0.29, 0.717) is 0 Å². The van der Waals surface area contributed by atoms with Crippen molar-refractivity contribution < 1.29 is 10.2 Å². The molecule has 2 nitrogen and oxygen atoms in total. The molecule has 0 saturated heterocycles. The summed E-state index contributed by atoms with van der Waals surface area (Å²) in [4.78, 5) is 0. The first kappa shape index (κ1) is 6.92. The Balaban J connectivity index is 2.95. The molecule has 43 valence electrons. The normalized spacial score (nSPS) is 18.9. The molecule has 0 aromatic rings. The largest absolute Gasteiger partial charge is 0.393 e. The fraction of sp³-hybridized carbons (Fsp3) is 0.800. The van der Waals surface area contributed by atoms with Gasteiger partial charge in [-0.1, -0.05) is 0 Å². The lowest BCUT2D eigenvalue weighted by Crippen LogP contribution is -2.11. The summed E-state index contributed by atoms with van der Waals surface area (Å²) >= 11 is 0. The van der Waals surface area contributed by atoms with Gasteiger partial charge in [0.2, 0.25) is 0 Å². The molecule has 0 fully saturated rings. The van der Waals surface area contributed by atoms with E-state index < -0.39 is 12.2 Å². The van der Waals surface area contributed by atoms with Gasteiger partial charge in [0.25, 0.3) is 0 Å². The first-order chi connectivity index (χ1) is 3.13. The monoisotopic (exact) mass is 103 g/mol. The van der Waals surface area contributed by atoms with Crippen LogP contribution < -0.4 is 0 Å². The highest BCUT2D eigenvalue weighted by molar-refractivity contribution is 4.76. The van der Waals surface area contributed by atoms with Gasteiger partial charge in [0.15, 0.2) is 0 Å². The van der Waals surface area contributed by atoms with E-state index in [9.17, 15) is 0 Å². The molecule has 0 rings (SSSR count). The smallest absolute Gasteiger partial charge is 0.0569 e. The second-order valence-corrected chi connectivity index (χ2v) is 1.67. The quantitative estimate of drug-likeness (QED) is 0.514. The van der Waals surface area contributed by atoms with E-state index >= 15 is 0 Å². The highest BCUT2D eigenvalue weighted by Gasteiger charge is 1.99. The fourth-order valence-corrected chi connectivity index (χ4v) is 0.403. The molecular weight excluding hydrogens is 92.1 g/mol. The van der Waals surface area contributed by atoms with E-state index in [0.717, 1.165) is 0 Å². The molecule has 0 amide bonds. The summed E-state index contributed by atoms with van der Waals surface area (Å²) in [5, 5.41) is 17.0. The van der Waals surface area contributed by atoms with Gasteiger partial charge in [-0.2, -0.15) is 0 Å². The van der Waals surface area contributed by atoms with Crippen LogP contribution in [-0.2, 0) is 0 Å². The average molecular weight is 103 g/mol. The van der Waals surface area contributed by atoms with E-state index in [4.69, 9.17) is 10.2 Å². The van der Waals surface area contributed by atoms with Crippen LogP contribution in [0.3, 0.4) is 0 Å². The molecule has 2 heteroatoms. The third-order valence-corrected chi connectivity index (χ3v) is 0.557. The maximum Gasteiger partial charge on any atom is 0.0569 e. The minimum atomic E-state index is -0.500. The van der Waals surface area contributed by atoms with Crippen molar-refractivity contribution in [1.29, 1.82) is 0 Å². The predicted molar refractivity (Wildman–Crippen MR) is 27.7 cm³/mol. The Hall–Kier alpha value is -0.0800. The molecule has 0 aliphatic heterocycles. The van der Waals surface area contributed by atoms with Crippen LogP contribution in [0.2, 0.25) is 0 Å². The van der Waals surface area contributed by atoms with Crippen LogP contribution in [0.1, 0.15) is 13.8 Å². The number of rotatable bonds is 2. The first-order valence-electron chi connectivity index (χ1n) is 2.34. The molecule has 2 N–H and O–H groups in total. The zero-order valence-corrected chi connectivity index (χ0v) is 4.63. The highest BCUT2D eigenvalue weighted by Crippen LogP contribution is 1.91. The van der Waals surface area contributed by atoms with Gasteiger partial charge in [-0.3, -0.25) is 0 Å². The Morgan fingerprint density at radius 1 is 1.14 bits per heavy atom. The summed E-state index contributed by atoms with van der Waals surface area (Å²) in [6, 6.07) is 0. The molecule has 1 radical (unpaired) electrons. The van der Waals surface area contributed by atoms with E-state index in [1.165, 1.54) is 6.42 Å². The molecule has 0 aliphatic carbocycles. The van der Waals surface area contributed by atoms with Gasteiger partial charge in [-0.15, -0.1) is 0 Å². The van der Waals surface area contributed by atoms with Crippen molar-refractivity contribution in [2.75, 3.05) is 0 Å². The molecule has 0 spiro atoms. The van der Waals surface area contributed by atoms with E-state index in [1.54, 1.807) is 13.8 Å². The lowest BCUT2D eigenvalue weighted by Gasteiger charge is -2.03. The molecule has 2 unspecified atom stereocenters. The summed E-state index contributed by atoms with van der Waals surface area (Å²) < 4.78 is 0. The van der Waals surface area contributed by atoms with Crippen LogP contribution in [0.15, 0.2) is 0 Å². The van der Waals surface area contributed by atoms with Gasteiger partial charge in [0.05, 0.1) is 12.2 Å². The van der Waals surface area contributed by atoms with Crippen LogP contribution in [0.5, 0.6) is 0 Å². The van der Waals surface area contributed by atoms with Crippen molar-refractivity contribution in [2.45, 2.75) is 26.1 Å². The van der Waals surface area contributed by atoms with Crippen molar-refractivity contribution in [1.82, 2.24) is 0 Å². The van der Waals surface area contributed by atoms with Crippen molar-refractivity contribution in [2.24, 2.45) is 0 Å². The summed E-state index contributed by atoms with van der Waals surface area (Å²) in [6.45, 7) is 3.21. The Morgan fingerprint density at radius 2 is 1.43 bits per heavy atom. The molecule has 0 heterocycles. The Labute approximate surface area is 43.8 Å². The third-order valence-electron chi connectivity index (χ3n) is 0.557. The van der Waals surface area contributed by atoms with Crippen molar-refractivity contribution in [3.8, 4) is 0 Å². The summed E-state index contributed by atoms with van der Waals surface area (Å²) in [7, 11) is 0. The zero-order valence-electron chi connectivity index (χ0n) is 4.63. The van der Waals surface area contributed by atoms with Crippen LogP contribution >= 0.6 is 0 Å². The van der Waals surface area contributed by atoms with Crippen LogP contribution in [0.25, 0.3) is 0 Å². The van der Waals surface area contributed by atoms with Gasteiger partial charge >= 0.3 is 0 Å². The number of aliphatic hydroxyl groups excluding tert-OH is 2. The first-order valence-corrected chi connectivity index (χ1v) is 2.34. The standard InChI is InChI=1S/C5H11O2/c1-4(6)3-5(2)7/h3-7H,1-2H3. The van der Waals surface area contributed by atoms with Gasteiger partial charge in [-0.05, 0) is 13.8 Å². The third kappa shape index (κ3) is 5.92. The Morgan fingerprint density at radius 3 is 1.43 bits per heavy atom. The molecule has 0 saturated carbocycles. The number of hydrogen-bond donors (Lipinski definition) is 2. The maximum absolute atomic E-state index is 8.51. The Kier molecular flexibility index (Phi) is 2.96. The van der Waals surface area contributed by atoms with Crippen LogP contribution in [0, 0.1) is 6.42 Å². The fourth-order valence-electron chi connectivity index (χ4n) is 0.403. The highest BCUT2D eigenvalue weighted by atomic mass is 16.3. The average Bonchev–Trinajstić information content (AvgIpc) is 1.27. The molecule has 0 aromatic heterocycles. The van der Waals surface area contributed by atoms with Crippen LogP contribution in [0.4, 0.5) is 0 Å². The minimum absolute atomic E-state index is 0.500. The number of aliphatic hydroxyl groups is 2. The van der Waals surface area contributed by atoms with E-state index in [1.807, 2.05) is 0 Å². The lowest BCUT2D eigenvalue weighted by molar-refractivity contribution is 0.158. The van der Waals surface area contributed by atoms with Crippen molar-refractivity contribution >= 4 is 0 Å². The molecule has 2 atom stereocenters. The van der Waals surface area contributed by atoms with Crippen molar-refractivity contribution in [3.63, 3.8) is 0 Å². The summed E-state index contributed by atoms with van der Waals surface area (Å²) in [6.07, 6.45) is 0.444. The zero-order chi connectivity index (χ0) is 5.86. The SMILES string of the molecule is CC(O)[CH]C(C)O. The summed E-state index contributed by atoms with van der Waals surface area (Å²) in [5.74, 6) is 0. The minimum Gasteiger partial charge on any atom is -0.393 e. The topological polar surface area (TPSA) is 40.5 Å². The maximum atomic E-state index is 8.51. The van der Waals surface area contributed by atoms with E-state index in [2.05, 4.69) is 0 Å². The molecule has 0 bridgehead atoms. The van der Waals surface area contributed by atoms with Gasteiger partial charge in [0, 0.05) is 6.42 Å². The molecular formula is C5H11O2. The second-order valence-electron chi connectivity index (χ2n) is 1.67. The second kappa shape index (κ2) is 2.99. The van der Waals surface area contributed by atoms with Gasteiger partial charge in [-0.25, -0.2) is 0 Å². The predicted octanol–water partition coefficient (Wildman–Crippen LogP) is -0.0477. The number of hydrogen-bond acceptors (Lipinski definition) is 2. The molecule has 0 aromatic carbocycles. The lowest BCUT2D eigenvalue weighted by atomic mass is 10.2. The Bertz CT molecular complexity index is 35.3. The summed E-state index contributed by atoms with van der Waals surface area (Å²) in [5.41, 5.74) is 0. The van der Waals surface area contributed by atoms with Gasteiger partial charge in [0.1, 0.15) is 0 Å². The van der Waals surface area contributed by atoms with Crippen LogP contribution in [-0.4, -0.2) is 22.4 Å². The van der Waals surface area contributed by atoms with Gasteiger partial charge < -0.3 is 10.2 Å².